The first-order valence-electron chi connectivity index (χ1n) is 8.98. The zero-order chi connectivity index (χ0) is 20.5. The number of nitrogens with zero attached hydrogens (tertiary/aromatic N) is 1. The van der Waals surface area contributed by atoms with Gasteiger partial charge in [0.2, 0.25) is 0 Å². The molecule has 6 nitrogen and oxygen atoms in total. The minimum absolute atomic E-state index is 0.177. The third-order valence-corrected chi connectivity index (χ3v) is 4.07. The molecule has 29 heavy (non-hydrogen) atoms. The lowest BCUT2D eigenvalue weighted by molar-refractivity contribution is -0.123. The first-order chi connectivity index (χ1) is 14.2. The van der Waals surface area contributed by atoms with Crippen molar-refractivity contribution >= 4 is 5.91 Å². The highest BCUT2D eigenvalue weighted by Crippen LogP contribution is 2.28. The van der Waals surface area contributed by atoms with Gasteiger partial charge in [0.05, 0.1) is 18.7 Å². The van der Waals surface area contributed by atoms with Gasteiger partial charge in [-0.25, -0.2) is 0 Å². The van der Waals surface area contributed by atoms with Crippen molar-refractivity contribution in [3.05, 3.63) is 83.9 Å². The van der Waals surface area contributed by atoms with Crippen molar-refractivity contribution in [3.63, 3.8) is 0 Å². The highest BCUT2D eigenvalue weighted by Gasteiger charge is 2.10. The first kappa shape index (κ1) is 19.8. The van der Waals surface area contributed by atoms with E-state index in [-0.39, 0.29) is 12.5 Å². The number of nitrogens with one attached hydrogen (secondary N) is 1. The molecule has 0 aliphatic carbocycles. The molecule has 0 saturated heterocycles. The second-order valence-corrected chi connectivity index (χ2v) is 6.07. The molecule has 0 bridgehead atoms. The molecule has 6 heteroatoms. The molecule has 0 radical (unpaired) electrons. The first-order valence-corrected chi connectivity index (χ1v) is 8.98. The molecule has 0 aliphatic rings. The van der Waals surface area contributed by atoms with Crippen LogP contribution in [-0.4, -0.2) is 19.6 Å². The molecule has 0 aromatic heterocycles. The standard InChI is InChI=1S/C23H20N2O4/c1-27-22-13-17(14-24)11-12-21(22)28-16-23(26)25-15-18-7-5-6-10-20(18)29-19-8-3-2-4-9-19/h2-13H,15-16H2,1H3,(H,25,26). The molecule has 0 aliphatic heterocycles. The molecule has 146 valence electrons. The third-order valence-electron chi connectivity index (χ3n) is 4.07. The number of ether oxygens (including phenoxy) is 3. The number of hydrogen-bond donors (Lipinski definition) is 1. The molecule has 1 N–H and O–H groups in total. The quantitative estimate of drug-likeness (QED) is 0.630. The van der Waals surface area contributed by atoms with Crippen LogP contribution in [0, 0.1) is 11.3 Å². The molecule has 0 unspecified atom stereocenters. The summed E-state index contributed by atoms with van der Waals surface area (Å²) in [6.07, 6.45) is 0. The summed E-state index contributed by atoms with van der Waals surface area (Å²) in [6.45, 7) is 0.125. The number of benzene rings is 3. The van der Waals surface area contributed by atoms with Gasteiger partial charge in [0.25, 0.3) is 5.91 Å². The summed E-state index contributed by atoms with van der Waals surface area (Å²) in [4.78, 5) is 12.2. The van der Waals surface area contributed by atoms with Gasteiger partial charge >= 0.3 is 0 Å². The van der Waals surface area contributed by atoms with Gasteiger partial charge in [0.1, 0.15) is 11.5 Å². The van der Waals surface area contributed by atoms with Crippen molar-refractivity contribution in [3.8, 4) is 29.1 Å². The maximum Gasteiger partial charge on any atom is 0.258 e. The van der Waals surface area contributed by atoms with Crippen LogP contribution >= 0.6 is 0 Å². The van der Waals surface area contributed by atoms with Gasteiger partial charge in [0, 0.05) is 18.2 Å². The third kappa shape index (κ3) is 5.50. The molecular formula is C23H20N2O4. The molecule has 0 heterocycles. The van der Waals surface area contributed by atoms with Crippen LogP contribution in [0.25, 0.3) is 0 Å². The van der Waals surface area contributed by atoms with E-state index in [2.05, 4.69) is 5.32 Å². The van der Waals surface area contributed by atoms with Gasteiger partial charge < -0.3 is 19.5 Å². The summed E-state index contributed by atoms with van der Waals surface area (Å²) in [5, 5.41) is 11.8. The number of carbonyl (C=O) groups excluding carboxylic acids is 1. The Kier molecular flexibility index (Phi) is 6.69. The zero-order valence-electron chi connectivity index (χ0n) is 15.9. The average Bonchev–Trinajstić information content (AvgIpc) is 2.77. The van der Waals surface area contributed by atoms with Crippen LogP contribution in [0.3, 0.4) is 0 Å². The molecule has 3 rings (SSSR count). The van der Waals surface area contributed by atoms with E-state index in [4.69, 9.17) is 19.5 Å². The maximum atomic E-state index is 12.2. The Labute approximate surface area is 169 Å². The fourth-order valence-electron chi connectivity index (χ4n) is 2.61. The topological polar surface area (TPSA) is 80.6 Å². The lowest BCUT2D eigenvalue weighted by Gasteiger charge is -2.13. The summed E-state index contributed by atoms with van der Waals surface area (Å²) >= 11 is 0. The second kappa shape index (κ2) is 9.81. The van der Waals surface area contributed by atoms with Crippen LogP contribution in [0.5, 0.6) is 23.0 Å². The highest BCUT2D eigenvalue weighted by atomic mass is 16.5. The Morgan fingerprint density at radius 2 is 1.72 bits per heavy atom. The number of amides is 1. The molecule has 3 aromatic rings. The largest absolute Gasteiger partial charge is 0.493 e. The Balaban J connectivity index is 1.57. The van der Waals surface area contributed by atoms with Crippen molar-refractivity contribution in [2.45, 2.75) is 6.54 Å². The van der Waals surface area contributed by atoms with E-state index in [0.717, 1.165) is 11.3 Å². The summed E-state index contributed by atoms with van der Waals surface area (Å²) < 4.78 is 16.6. The van der Waals surface area contributed by atoms with Crippen molar-refractivity contribution in [1.82, 2.24) is 5.32 Å². The lowest BCUT2D eigenvalue weighted by Crippen LogP contribution is -2.28. The van der Waals surface area contributed by atoms with Crippen molar-refractivity contribution in [2.24, 2.45) is 0 Å². The van der Waals surface area contributed by atoms with Gasteiger partial charge in [-0.15, -0.1) is 0 Å². The smallest absolute Gasteiger partial charge is 0.258 e. The predicted molar refractivity (Wildman–Crippen MR) is 108 cm³/mol. The molecule has 0 spiro atoms. The minimum atomic E-state index is -0.286. The van der Waals surface area contributed by atoms with Crippen molar-refractivity contribution in [1.29, 1.82) is 5.26 Å². The number of para-hydroxylation sites is 2. The van der Waals surface area contributed by atoms with Crippen molar-refractivity contribution < 1.29 is 19.0 Å². The van der Waals surface area contributed by atoms with Crippen LogP contribution in [0.1, 0.15) is 11.1 Å². The Bertz CT molecular complexity index is 1010. The number of carbonyl (C=O) groups is 1. The summed E-state index contributed by atoms with van der Waals surface area (Å²) in [6, 6.07) is 23.8. The molecule has 0 fully saturated rings. The second-order valence-electron chi connectivity index (χ2n) is 6.07. The average molecular weight is 388 g/mol. The lowest BCUT2D eigenvalue weighted by atomic mass is 10.2. The summed E-state index contributed by atoms with van der Waals surface area (Å²) in [5.41, 5.74) is 1.30. The summed E-state index contributed by atoms with van der Waals surface area (Å²) in [7, 11) is 1.48. The molecule has 3 aromatic carbocycles. The van der Waals surface area contributed by atoms with Crippen LogP contribution < -0.4 is 19.5 Å². The van der Waals surface area contributed by atoms with Gasteiger partial charge in [-0.2, -0.15) is 5.26 Å². The van der Waals surface area contributed by atoms with Crippen LogP contribution in [0.15, 0.2) is 72.8 Å². The normalized spacial score (nSPS) is 9.93. The van der Waals surface area contributed by atoms with E-state index in [1.807, 2.05) is 60.7 Å². The SMILES string of the molecule is COc1cc(C#N)ccc1OCC(=O)NCc1ccccc1Oc1ccccc1. The Hall–Kier alpha value is -3.98. The molecule has 0 saturated carbocycles. The molecular weight excluding hydrogens is 368 g/mol. The minimum Gasteiger partial charge on any atom is -0.493 e. The predicted octanol–water partition coefficient (Wildman–Crippen LogP) is 4.05. The number of methoxy groups -OCH3 is 1. The zero-order valence-corrected chi connectivity index (χ0v) is 15.9. The fraction of sp³-hybridized carbons (Fsp3) is 0.130. The van der Waals surface area contributed by atoms with Gasteiger partial charge in [0.15, 0.2) is 18.1 Å². The van der Waals surface area contributed by atoms with Crippen LogP contribution in [0.2, 0.25) is 0 Å². The van der Waals surface area contributed by atoms with E-state index in [0.29, 0.717) is 29.4 Å². The van der Waals surface area contributed by atoms with Gasteiger partial charge in [-0.3, -0.25) is 4.79 Å². The van der Waals surface area contributed by atoms with Gasteiger partial charge in [-0.1, -0.05) is 36.4 Å². The van der Waals surface area contributed by atoms with E-state index in [9.17, 15) is 4.79 Å². The monoisotopic (exact) mass is 388 g/mol. The number of rotatable bonds is 8. The molecule has 1 amide bonds. The van der Waals surface area contributed by atoms with Crippen molar-refractivity contribution in [2.75, 3.05) is 13.7 Å². The molecule has 0 atom stereocenters. The van der Waals surface area contributed by atoms with Crippen LogP contribution in [0.4, 0.5) is 0 Å². The summed E-state index contributed by atoms with van der Waals surface area (Å²) in [5.74, 6) is 1.91. The van der Waals surface area contributed by atoms with E-state index < -0.39 is 0 Å². The maximum absolute atomic E-state index is 12.2. The number of hydrogen-bond acceptors (Lipinski definition) is 5. The van der Waals surface area contributed by atoms with Gasteiger partial charge in [-0.05, 0) is 30.3 Å². The Morgan fingerprint density at radius 1 is 0.966 bits per heavy atom. The van der Waals surface area contributed by atoms with E-state index >= 15 is 0 Å². The highest BCUT2D eigenvalue weighted by molar-refractivity contribution is 5.77. The number of nitriles is 1. The fourth-order valence-corrected chi connectivity index (χ4v) is 2.61. The Morgan fingerprint density at radius 3 is 2.48 bits per heavy atom. The van der Waals surface area contributed by atoms with E-state index in [1.54, 1.807) is 18.2 Å². The van der Waals surface area contributed by atoms with E-state index in [1.165, 1.54) is 7.11 Å². The van der Waals surface area contributed by atoms with Crippen LogP contribution in [-0.2, 0) is 11.3 Å².